The number of benzene rings is 1. The number of nitrogens with zero attached hydrogens (tertiary/aromatic N) is 5. The number of imidazole rings is 1. The molecule has 1 fully saturated rings. The Labute approximate surface area is 160 Å². The second-order valence-corrected chi connectivity index (χ2v) is 6.62. The van der Waals surface area contributed by atoms with Crippen LogP contribution in [0.2, 0.25) is 0 Å². The summed E-state index contributed by atoms with van der Waals surface area (Å²) in [4.78, 5) is 43.5. The highest BCUT2D eigenvalue weighted by Gasteiger charge is 2.53. The molecule has 0 saturated carbocycles. The number of nitrogens with two attached hydrogens (primary N) is 1. The molecule has 0 radical (unpaired) electrons. The number of aromatic nitrogens is 2. The number of aliphatic imine (C=N–C) groups is 1. The Kier molecular flexibility index (Phi) is 3.91. The van der Waals surface area contributed by atoms with Crippen molar-refractivity contribution in [2.45, 2.75) is 13.0 Å². The van der Waals surface area contributed by atoms with Crippen molar-refractivity contribution in [2.24, 2.45) is 10.7 Å². The standard InChI is InChI=1S/C18H18N6O4/c1-10-8-22-14-15(21(2)18(27)23(16(14)26)9-13(19)25)20-17(22)24(10)11-5-4-6-12(7-11)28-3/h4-8,14H,9H2,1-3H3,(H-,19,25)/p+1. The number of likely N-dealkylation sites (N-methyl/N-ethyl adjacent to an activating group) is 1. The van der Waals surface area contributed by atoms with Crippen molar-refractivity contribution in [2.75, 3.05) is 20.7 Å². The number of primary amides is 1. The van der Waals surface area contributed by atoms with Gasteiger partial charge in [0.25, 0.3) is 5.91 Å². The monoisotopic (exact) mass is 383 g/mol. The van der Waals surface area contributed by atoms with Crippen molar-refractivity contribution < 1.29 is 23.7 Å². The molecule has 10 nitrogen and oxygen atoms in total. The fraction of sp³-hybridized carbons (Fsp3) is 0.278. The van der Waals surface area contributed by atoms with E-state index >= 15 is 0 Å². The summed E-state index contributed by atoms with van der Waals surface area (Å²) >= 11 is 0. The van der Waals surface area contributed by atoms with E-state index < -0.39 is 30.4 Å². The van der Waals surface area contributed by atoms with Crippen molar-refractivity contribution in [3.63, 3.8) is 0 Å². The number of amides is 4. The molecule has 2 aliphatic rings. The average molecular weight is 383 g/mol. The van der Waals surface area contributed by atoms with Crippen LogP contribution in [-0.2, 0) is 9.59 Å². The molecule has 3 heterocycles. The smallest absolute Gasteiger partial charge is 0.406 e. The first-order chi connectivity index (χ1) is 13.3. The van der Waals surface area contributed by atoms with Gasteiger partial charge in [0.2, 0.25) is 17.8 Å². The quantitative estimate of drug-likeness (QED) is 0.751. The van der Waals surface area contributed by atoms with Crippen LogP contribution < -0.4 is 15.0 Å². The fourth-order valence-electron chi connectivity index (χ4n) is 3.55. The number of fused-ring (bicyclic) bond motifs is 3. The lowest BCUT2D eigenvalue weighted by molar-refractivity contribution is -0.676. The molecule has 1 aromatic heterocycles. The molecular formula is C18H19N6O4+. The van der Waals surface area contributed by atoms with Gasteiger partial charge in [-0.25, -0.2) is 9.36 Å². The third-order valence-corrected chi connectivity index (χ3v) is 4.83. The summed E-state index contributed by atoms with van der Waals surface area (Å²) in [5.74, 6) is 0.196. The molecule has 4 amide bonds. The molecule has 1 saturated heterocycles. The van der Waals surface area contributed by atoms with Crippen molar-refractivity contribution in [3.05, 3.63) is 36.2 Å². The van der Waals surface area contributed by atoms with E-state index in [4.69, 9.17) is 10.5 Å². The number of amidine groups is 1. The lowest BCUT2D eigenvalue weighted by Gasteiger charge is -2.32. The van der Waals surface area contributed by atoms with E-state index in [0.717, 1.165) is 16.3 Å². The van der Waals surface area contributed by atoms with Gasteiger partial charge in [-0.15, -0.1) is 0 Å². The van der Waals surface area contributed by atoms with Crippen molar-refractivity contribution in [1.82, 2.24) is 14.4 Å². The molecule has 2 aromatic rings. The van der Waals surface area contributed by atoms with Gasteiger partial charge in [-0.2, -0.15) is 4.57 Å². The number of hydrogen-bond donors (Lipinski definition) is 1. The molecule has 2 aliphatic heterocycles. The normalized spacial score (nSPS) is 18.1. The van der Waals surface area contributed by atoms with Gasteiger partial charge in [0.05, 0.1) is 7.11 Å². The average Bonchev–Trinajstić information content (AvgIpc) is 3.17. The maximum Gasteiger partial charge on any atom is 0.406 e. The Morgan fingerprint density at radius 1 is 1.36 bits per heavy atom. The zero-order valence-electron chi connectivity index (χ0n) is 15.6. The first kappa shape index (κ1) is 17.7. The van der Waals surface area contributed by atoms with Gasteiger partial charge >= 0.3 is 12.0 Å². The molecule has 1 atom stereocenters. The van der Waals surface area contributed by atoms with E-state index in [0.29, 0.717) is 17.5 Å². The van der Waals surface area contributed by atoms with Gasteiger partial charge in [0.15, 0.2) is 0 Å². The minimum absolute atomic E-state index is 0.308. The lowest BCUT2D eigenvalue weighted by atomic mass is 10.1. The van der Waals surface area contributed by atoms with E-state index in [9.17, 15) is 14.4 Å². The van der Waals surface area contributed by atoms with Crippen LogP contribution in [0.15, 0.2) is 35.5 Å². The molecule has 28 heavy (non-hydrogen) atoms. The summed E-state index contributed by atoms with van der Waals surface area (Å²) in [7, 11) is 3.10. The highest BCUT2D eigenvalue weighted by molar-refractivity contribution is 6.19. The minimum Gasteiger partial charge on any atom is -0.497 e. The second kappa shape index (κ2) is 6.19. The van der Waals surface area contributed by atoms with Crippen LogP contribution in [0.1, 0.15) is 11.7 Å². The number of imide groups is 1. The SMILES string of the molecule is COc1cccc(-n2c(C)c[n+]3c2N=C2C3C(=O)N(CC(N)=O)C(=O)N2C)c1. The van der Waals surface area contributed by atoms with E-state index in [1.54, 1.807) is 17.9 Å². The van der Waals surface area contributed by atoms with Gasteiger partial charge in [0, 0.05) is 13.1 Å². The van der Waals surface area contributed by atoms with E-state index in [2.05, 4.69) is 4.99 Å². The zero-order chi connectivity index (χ0) is 20.2. The van der Waals surface area contributed by atoms with Crippen LogP contribution in [0.25, 0.3) is 5.69 Å². The van der Waals surface area contributed by atoms with E-state index in [-0.39, 0.29) is 0 Å². The summed E-state index contributed by atoms with van der Waals surface area (Å²) in [5.41, 5.74) is 6.86. The molecule has 4 rings (SSSR count). The first-order valence-corrected chi connectivity index (χ1v) is 8.57. The summed E-state index contributed by atoms with van der Waals surface area (Å²) in [6.07, 6.45) is 1.79. The van der Waals surface area contributed by atoms with E-state index in [1.165, 1.54) is 11.9 Å². The molecule has 10 heteroatoms. The van der Waals surface area contributed by atoms with Crippen molar-refractivity contribution in [3.8, 4) is 11.4 Å². The molecule has 1 aromatic carbocycles. The predicted octanol–water partition coefficient (Wildman–Crippen LogP) is 0.0458. The highest BCUT2D eigenvalue weighted by Crippen LogP contribution is 2.31. The summed E-state index contributed by atoms with van der Waals surface area (Å²) < 4.78 is 8.86. The number of rotatable bonds is 4. The summed E-state index contributed by atoms with van der Waals surface area (Å²) in [5, 5.41) is 0. The third kappa shape index (κ3) is 2.45. The molecule has 0 aliphatic carbocycles. The van der Waals surface area contributed by atoms with Crippen LogP contribution in [0, 0.1) is 6.92 Å². The van der Waals surface area contributed by atoms with Gasteiger partial charge < -0.3 is 10.5 Å². The number of urea groups is 1. The van der Waals surface area contributed by atoms with E-state index in [1.807, 2.05) is 35.8 Å². The van der Waals surface area contributed by atoms with Gasteiger partial charge in [0.1, 0.15) is 29.9 Å². The molecule has 0 spiro atoms. The second-order valence-electron chi connectivity index (χ2n) is 6.62. The van der Waals surface area contributed by atoms with Gasteiger partial charge in [-0.05, 0) is 19.1 Å². The Bertz CT molecular complexity index is 1060. The number of ether oxygens (including phenoxy) is 1. The maximum atomic E-state index is 13.0. The Hall–Kier alpha value is -3.69. The van der Waals surface area contributed by atoms with Crippen LogP contribution in [0.3, 0.4) is 0 Å². The lowest BCUT2D eigenvalue weighted by Crippen LogP contribution is -2.63. The Morgan fingerprint density at radius 2 is 2.11 bits per heavy atom. The fourth-order valence-corrected chi connectivity index (χ4v) is 3.55. The molecule has 0 bridgehead atoms. The van der Waals surface area contributed by atoms with Crippen molar-refractivity contribution in [1.29, 1.82) is 0 Å². The van der Waals surface area contributed by atoms with Crippen molar-refractivity contribution >= 4 is 29.6 Å². The highest BCUT2D eigenvalue weighted by atomic mass is 16.5. The summed E-state index contributed by atoms with van der Waals surface area (Å²) in [6.45, 7) is 1.42. The maximum absolute atomic E-state index is 13.0. The van der Waals surface area contributed by atoms with Crippen LogP contribution in [0.5, 0.6) is 5.75 Å². The zero-order valence-corrected chi connectivity index (χ0v) is 15.6. The Morgan fingerprint density at radius 3 is 2.79 bits per heavy atom. The number of methoxy groups -OCH3 is 1. The molecule has 144 valence electrons. The number of carbonyl (C=O) groups is 3. The first-order valence-electron chi connectivity index (χ1n) is 8.57. The summed E-state index contributed by atoms with van der Waals surface area (Å²) in [6, 6.07) is 5.98. The number of hydrogen-bond acceptors (Lipinski definition) is 5. The van der Waals surface area contributed by atoms with Crippen LogP contribution in [-0.4, -0.2) is 58.8 Å². The molecular weight excluding hydrogens is 364 g/mol. The molecule has 2 N–H and O–H groups in total. The van der Waals surface area contributed by atoms with Crippen LogP contribution in [0.4, 0.5) is 10.7 Å². The number of carbonyl (C=O) groups excluding carboxylic acids is 3. The van der Waals surface area contributed by atoms with Gasteiger partial charge in [-0.1, -0.05) is 11.1 Å². The topological polar surface area (TPSA) is 114 Å². The largest absolute Gasteiger partial charge is 0.497 e. The predicted molar refractivity (Wildman–Crippen MR) is 97.5 cm³/mol. The molecule has 1 unspecified atom stereocenters. The van der Waals surface area contributed by atoms with Gasteiger partial charge in [-0.3, -0.25) is 19.4 Å². The minimum atomic E-state index is -0.831. The Balaban J connectivity index is 1.84. The number of aryl methyl sites for hydroxylation is 1. The third-order valence-electron chi connectivity index (χ3n) is 4.83. The van der Waals surface area contributed by atoms with Crippen LogP contribution >= 0.6 is 0 Å².